The lowest BCUT2D eigenvalue weighted by molar-refractivity contribution is 0.669. The first-order valence-electron chi connectivity index (χ1n) is 24.6. The summed E-state index contributed by atoms with van der Waals surface area (Å²) in [7, 11) is 31.5. The number of benzene rings is 8. The first-order chi connectivity index (χ1) is 33.6. The molecular weight excluding hydrogens is 836 g/mol. The minimum Gasteiger partial charge on any atom is -0.456 e. The van der Waals surface area contributed by atoms with Gasteiger partial charge in [0.2, 0.25) is 0 Å². The molecular formula is C51H46B14N4O. The normalized spacial score (nSPS) is 11.7. The van der Waals surface area contributed by atoms with Crippen molar-refractivity contribution in [3.8, 4) is 62.1 Å². The Morgan fingerprint density at radius 2 is 0.786 bits per heavy atom. The molecule has 0 N–H and O–H groups in total. The average molecular weight is 882 g/mol. The second kappa shape index (κ2) is 17.0. The first kappa shape index (κ1) is 45.7. The number of hydrogen-bond acceptors (Lipinski definition) is 4. The van der Waals surface area contributed by atoms with Crippen molar-refractivity contribution in [3.05, 3.63) is 109 Å². The van der Waals surface area contributed by atoms with Gasteiger partial charge in [-0.05, 0) is 58.7 Å². The summed E-state index contributed by atoms with van der Waals surface area (Å²) in [6.07, 6.45) is 0. The van der Waals surface area contributed by atoms with E-state index in [9.17, 15) is 0 Å². The lowest BCUT2D eigenvalue weighted by atomic mass is 9.56. The van der Waals surface area contributed by atoms with Crippen LogP contribution in [0.15, 0.2) is 114 Å². The van der Waals surface area contributed by atoms with Gasteiger partial charge < -0.3 is 8.98 Å². The van der Waals surface area contributed by atoms with Gasteiger partial charge in [-0.15, -0.1) is 38.2 Å². The maximum absolute atomic E-state index is 6.88. The van der Waals surface area contributed by atoms with Crippen molar-refractivity contribution in [1.29, 1.82) is 0 Å². The van der Waals surface area contributed by atoms with Crippen LogP contribution in [0.4, 0.5) is 0 Å². The van der Waals surface area contributed by atoms with Crippen LogP contribution in [0.2, 0.25) is 0 Å². The second-order valence-corrected chi connectivity index (χ2v) is 20.0. The van der Waals surface area contributed by atoms with E-state index in [1.807, 2.05) is 0 Å². The Morgan fingerprint density at radius 1 is 0.314 bits per heavy atom. The average Bonchev–Trinajstić information content (AvgIpc) is 3.92. The molecule has 11 rings (SSSR count). The van der Waals surface area contributed by atoms with Crippen molar-refractivity contribution in [2.75, 3.05) is 0 Å². The molecule has 318 valence electrons. The fourth-order valence-corrected chi connectivity index (χ4v) is 11.7. The van der Waals surface area contributed by atoms with Crippen LogP contribution in [0.5, 0.6) is 0 Å². The molecule has 0 amide bonds. The van der Waals surface area contributed by atoms with Crippen LogP contribution in [0.25, 0.3) is 106 Å². The van der Waals surface area contributed by atoms with E-state index >= 15 is 0 Å². The molecule has 0 unspecified atom stereocenters. The third-order valence-corrected chi connectivity index (χ3v) is 16.7. The van der Waals surface area contributed by atoms with Gasteiger partial charge in [-0.3, -0.25) is 0 Å². The van der Waals surface area contributed by atoms with Crippen LogP contribution in [-0.2, 0) is 0 Å². The molecule has 3 heterocycles. The molecule has 0 saturated carbocycles. The van der Waals surface area contributed by atoms with Gasteiger partial charge in [0.05, 0.1) is 22.1 Å². The standard InChI is InChI=1S/C51H46B14N4O/c52-35-31(32-37(54)43(60)47(64)44(61)38(32)55)36(53)42(59)39(56)33(35)50-66-49(67-51(68-50)34-40(57)45(62)48(65)46(63)41(34)58)21-14-16-24-29(18-21)70-28-12-6-11-26(30(24)28)69-25-10-5-4-9-22(25)23-15-13-20(17-27(23)69)19-7-2-1-3-8-19/h1-18H,52-65H2. The monoisotopic (exact) mass is 884 g/mol. The van der Waals surface area contributed by atoms with Gasteiger partial charge >= 0.3 is 0 Å². The summed E-state index contributed by atoms with van der Waals surface area (Å²) in [6, 6.07) is 39.1. The van der Waals surface area contributed by atoms with Crippen LogP contribution in [-0.4, -0.2) is 129 Å². The summed E-state index contributed by atoms with van der Waals surface area (Å²) in [5, 5.41) is 4.52. The number of fused-ring (bicyclic) bond motifs is 6. The zero-order chi connectivity index (χ0) is 49.2. The molecule has 8 aromatic carbocycles. The third kappa shape index (κ3) is 6.85. The number of hydrogen-bond donors (Lipinski definition) is 0. The van der Waals surface area contributed by atoms with Crippen molar-refractivity contribution in [3.63, 3.8) is 0 Å². The maximum Gasteiger partial charge on any atom is 0.164 e. The first-order valence-corrected chi connectivity index (χ1v) is 24.6. The van der Waals surface area contributed by atoms with Crippen LogP contribution < -0.4 is 76.5 Å². The molecule has 0 bridgehead atoms. The fraction of sp³-hybridized carbons (Fsp3) is 0. The highest BCUT2D eigenvalue weighted by atomic mass is 16.3. The van der Waals surface area contributed by atoms with Gasteiger partial charge in [-0.25, -0.2) is 15.0 Å². The Hall–Kier alpha value is -6.72. The molecule has 0 spiro atoms. The molecule has 11 aromatic rings. The Morgan fingerprint density at radius 3 is 1.41 bits per heavy atom. The summed E-state index contributed by atoms with van der Waals surface area (Å²) >= 11 is 0. The highest BCUT2D eigenvalue weighted by molar-refractivity contribution is 6.71. The second-order valence-electron chi connectivity index (χ2n) is 20.0. The van der Waals surface area contributed by atoms with E-state index in [0.717, 1.165) is 55.3 Å². The topological polar surface area (TPSA) is 56.7 Å². The highest BCUT2D eigenvalue weighted by Crippen LogP contribution is 2.40. The Kier molecular flexibility index (Phi) is 11.1. The zero-order valence-electron chi connectivity index (χ0n) is 43.1. The maximum atomic E-state index is 6.88. The van der Waals surface area contributed by atoms with Gasteiger partial charge in [-0.2, -0.15) is 0 Å². The summed E-state index contributed by atoms with van der Waals surface area (Å²) in [5.41, 5.74) is 30.8. The summed E-state index contributed by atoms with van der Waals surface area (Å²) in [5.74, 6) is 1.97. The van der Waals surface area contributed by atoms with Crippen LogP contribution in [0.1, 0.15) is 0 Å². The molecule has 0 aliphatic carbocycles. The van der Waals surface area contributed by atoms with Crippen LogP contribution in [0.3, 0.4) is 0 Å². The smallest absolute Gasteiger partial charge is 0.164 e. The molecule has 0 aliphatic rings. The Balaban J connectivity index is 1.15. The lowest BCUT2D eigenvalue weighted by Gasteiger charge is -2.27. The molecule has 70 heavy (non-hydrogen) atoms. The molecule has 5 nitrogen and oxygen atoms in total. The number of aromatic nitrogens is 4. The molecule has 0 saturated heterocycles. The van der Waals surface area contributed by atoms with E-state index in [4.69, 9.17) is 19.4 Å². The molecule has 0 radical (unpaired) electrons. The predicted molar refractivity (Wildman–Crippen MR) is 343 cm³/mol. The van der Waals surface area contributed by atoms with Gasteiger partial charge in [0.1, 0.15) is 121 Å². The number of para-hydroxylation sites is 1. The number of rotatable bonds is 6. The molecule has 19 heteroatoms. The minimum atomic E-state index is 0.612. The predicted octanol–water partition coefficient (Wildman–Crippen LogP) is -11.2. The van der Waals surface area contributed by atoms with E-state index in [0.29, 0.717) is 17.5 Å². The van der Waals surface area contributed by atoms with Gasteiger partial charge in [-0.1, -0.05) is 111 Å². The highest BCUT2D eigenvalue weighted by Gasteiger charge is 2.26. The minimum absolute atomic E-state index is 0.612. The SMILES string of the molecule is Bc1c(B)c(B)c(-c2nc(-c3ccc4c(c3)oc3cccc(-n5c6ccccc6c6ccc(-c7ccccc7)cc65)c34)nc(-c3c(B)c(B)c(B)c(-c4c(B)c(B)c(B)c(B)c4B)c3B)n2)c(B)c1B. The van der Waals surface area contributed by atoms with E-state index < -0.39 is 0 Å². The Bertz CT molecular complexity index is 4020. The quantitative estimate of drug-likeness (QED) is 0.156. The fourth-order valence-electron chi connectivity index (χ4n) is 11.7. The largest absolute Gasteiger partial charge is 0.456 e. The van der Waals surface area contributed by atoms with Crippen molar-refractivity contribution in [1.82, 2.24) is 19.5 Å². The Labute approximate surface area is 422 Å². The van der Waals surface area contributed by atoms with Crippen molar-refractivity contribution >= 4 is 230 Å². The van der Waals surface area contributed by atoms with Crippen LogP contribution >= 0.6 is 0 Å². The van der Waals surface area contributed by atoms with E-state index in [-0.39, 0.29) is 0 Å². The third-order valence-electron chi connectivity index (χ3n) is 16.7. The van der Waals surface area contributed by atoms with Gasteiger partial charge in [0.15, 0.2) is 17.5 Å². The molecule has 0 atom stereocenters. The number of furan rings is 1. The van der Waals surface area contributed by atoms with E-state index in [1.54, 1.807) is 0 Å². The number of nitrogens with zero attached hydrogens (tertiary/aromatic N) is 4. The molecule has 0 fully saturated rings. The zero-order valence-corrected chi connectivity index (χ0v) is 43.1. The van der Waals surface area contributed by atoms with Crippen LogP contribution in [0, 0.1) is 0 Å². The summed E-state index contributed by atoms with van der Waals surface area (Å²) in [6.45, 7) is 0. The van der Waals surface area contributed by atoms with Crippen molar-refractivity contribution in [2.45, 2.75) is 0 Å². The molecule has 3 aromatic heterocycles. The van der Waals surface area contributed by atoms with Gasteiger partial charge in [0, 0.05) is 32.8 Å². The summed E-state index contributed by atoms with van der Waals surface area (Å²) in [4.78, 5) is 16.4. The van der Waals surface area contributed by atoms with Gasteiger partial charge in [0.25, 0.3) is 0 Å². The molecule has 0 aliphatic heterocycles. The van der Waals surface area contributed by atoms with Crippen molar-refractivity contribution in [2.24, 2.45) is 0 Å². The lowest BCUT2D eigenvalue weighted by Crippen LogP contribution is -2.57. The van der Waals surface area contributed by atoms with E-state index in [1.165, 1.54) is 110 Å². The van der Waals surface area contributed by atoms with Crippen molar-refractivity contribution < 1.29 is 4.42 Å². The summed E-state index contributed by atoms with van der Waals surface area (Å²) < 4.78 is 9.29. The van der Waals surface area contributed by atoms with E-state index in [2.05, 4.69) is 224 Å².